The summed E-state index contributed by atoms with van der Waals surface area (Å²) in [5, 5.41) is 0.566. The number of benzene rings is 2. The number of anilines is 1. The molecule has 0 unspecified atom stereocenters. The standard InChI is InChI=1S/C21H25N3O3S2.ClH/c1-14-10-15(2)12-16(11-14)20(25)24(9-8-23(3)4)21-22-18-7-6-17(29(5,26)27)13-19(18)28-21;/h6-7,10-13H,8-9H2,1-5H3;1H. The summed E-state index contributed by atoms with van der Waals surface area (Å²) in [5.74, 6) is -0.110. The van der Waals surface area contributed by atoms with Gasteiger partial charge in [0.1, 0.15) is 0 Å². The predicted molar refractivity (Wildman–Crippen MR) is 126 cm³/mol. The molecule has 3 aromatic rings. The SMILES string of the molecule is Cc1cc(C)cc(C(=O)N(CCN(C)C)c2nc3ccc(S(C)(=O)=O)cc3s2)c1.Cl. The largest absolute Gasteiger partial charge is 0.308 e. The highest BCUT2D eigenvalue weighted by molar-refractivity contribution is 7.90. The summed E-state index contributed by atoms with van der Waals surface area (Å²) in [6.07, 6.45) is 1.18. The van der Waals surface area contributed by atoms with Crippen molar-refractivity contribution >= 4 is 54.8 Å². The summed E-state index contributed by atoms with van der Waals surface area (Å²) < 4.78 is 24.5. The zero-order chi connectivity index (χ0) is 21.3. The summed E-state index contributed by atoms with van der Waals surface area (Å²) in [5.41, 5.74) is 3.36. The number of aryl methyl sites for hydroxylation is 2. The molecule has 0 aliphatic heterocycles. The van der Waals surface area contributed by atoms with Gasteiger partial charge in [-0.15, -0.1) is 12.4 Å². The van der Waals surface area contributed by atoms with Crippen LogP contribution in [0.4, 0.5) is 5.13 Å². The van der Waals surface area contributed by atoms with Crippen molar-refractivity contribution in [2.45, 2.75) is 18.7 Å². The minimum absolute atomic E-state index is 0. The minimum atomic E-state index is -3.30. The predicted octanol–water partition coefficient (Wildman–Crippen LogP) is 3.95. The average molecular weight is 468 g/mol. The zero-order valence-electron chi connectivity index (χ0n) is 17.7. The van der Waals surface area contributed by atoms with Gasteiger partial charge in [-0.1, -0.05) is 28.5 Å². The van der Waals surface area contributed by atoms with Gasteiger partial charge in [-0.2, -0.15) is 0 Å². The van der Waals surface area contributed by atoms with Gasteiger partial charge >= 0.3 is 0 Å². The normalized spacial score (nSPS) is 11.5. The topological polar surface area (TPSA) is 70.6 Å². The molecule has 0 fully saturated rings. The molecule has 9 heteroatoms. The van der Waals surface area contributed by atoms with E-state index in [0.717, 1.165) is 15.8 Å². The average Bonchev–Trinajstić information content (AvgIpc) is 3.02. The van der Waals surface area contributed by atoms with Crippen LogP contribution in [0.1, 0.15) is 21.5 Å². The first-order valence-corrected chi connectivity index (χ1v) is 11.9. The number of aromatic nitrogens is 1. The molecule has 2 aromatic carbocycles. The number of nitrogens with zero attached hydrogens (tertiary/aromatic N) is 3. The lowest BCUT2D eigenvalue weighted by Gasteiger charge is -2.22. The maximum atomic E-state index is 13.3. The monoisotopic (exact) mass is 467 g/mol. The Hall–Kier alpha value is -2.00. The van der Waals surface area contributed by atoms with Gasteiger partial charge in [-0.05, 0) is 58.3 Å². The lowest BCUT2D eigenvalue weighted by molar-refractivity contribution is 0.0985. The van der Waals surface area contributed by atoms with Crippen LogP contribution in [0.15, 0.2) is 41.3 Å². The van der Waals surface area contributed by atoms with E-state index in [-0.39, 0.29) is 23.2 Å². The fraction of sp³-hybridized carbons (Fsp3) is 0.333. The van der Waals surface area contributed by atoms with E-state index in [9.17, 15) is 13.2 Å². The molecule has 3 rings (SSSR count). The molecule has 1 amide bonds. The number of rotatable bonds is 6. The maximum Gasteiger partial charge on any atom is 0.260 e. The number of carbonyl (C=O) groups is 1. The quantitative estimate of drug-likeness (QED) is 0.549. The highest BCUT2D eigenvalue weighted by Gasteiger charge is 2.22. The zero-order valence-corrected chi connectivity index (χ0v) is 20.1. The van der Waals surface area contributed by atoms with E-state index < -0.39 is 9.84 Å². The van der Waals surface area contributed by atoms with Crippen LogP contribution in [0.5, 0.6) is 0 Å². The second kappa shape index (κ2) is 9.43. The minimum Gasteiger partial charge on any atom is -0.308 e. The van der Waals surface area contributed by atoms with Crippen LogP contribution in [0.2, 0.25) is 0 Å². The van der Waals surface area contributed by atoms with Gasteiger partial charge < -0.3 is 4.90 Å². The van der Waals surface area contributed by atoms with Crippen LogP contribution in [0.3, 0.4) is 0 Å². The molecule has 6 nitrogen and oxygen atoms in total. The van der Waals surface area contributed by atoms with Crippen molar-refractivity contribution in [1.82, 2.24) is 9.88 Å². The molecule has 0 aliphatic rings. The number of thiazole rings is 1. The van der Waals surface area contributed by atoms with Gasteiger partial charge in [0.2, 0.25) is 0 Å². The number of hydrogen-bond donors (Lipinski definition) is 0. The summed E-state index contributed by atoms with van der Waals surface area (Å²) in [6, 6.07) is 10.7. The molecule has 0 N–H and O–H groups in total. The van der Waals surface area contributed by atoms with Crippen molar-refractivity contribution in [1.29, 1.82) is 0 Å². The maximum absolute atomic E-state index is 13.3. The third-order valence-electron chi connectivity index (χ3n) is 4.49. The second-order valence-electron chi connectivity index (χ2n) is 7.53. The van der Waals surface area contributed by atoms with Crippen LogP contribution in [-0.4, -0.2) is 57.6 Å². The van der Waals surface area contributed by atoms with Crippen LogP contribution >= 0.6 is 23.7 Å². The fourth-order valence-electron chi connectivity index (χ4n) is 3.08. The molecule has 1 aromatic heterocycles. The van der Waals surface area contributed by atoms with E-state index in [2.05, 4.69) is 4.98 Å². The van der Waals surface area contributed by atoms with Gasteiger partial charge in [0.25, 0.3) is 5.91 Å². The Labute approximate surface area is 187 Å². The van der Waals surface area contributed by atoms with Gasteiger partial charge in [-0.3, -0.25) is 9.69 Å². The molecule has 0 aliphatic carbocycles. The lowest BCUT2D eigenvalue weighted by Crippen LogP contribution is -2.36. The summed E-state index contributed by atoms with van der Waals surface area (Å²) in [4.78, 5) is 21.9. The first-order valence-electron chi connectivity index (χ1n) is 9.20. The number of likely N-dealkylation sites (N-methyl/N-ethyl adjacent to an activating group) is 1. The van der Waals surface area contributed by atoms with E-state index in [1.54, 1.807) is 23.1 Å². The number of sulfone groups is 1. The molecule has 0 atom stereocenters. The fourth-order valence-corrected chi connectivity index (χ4v) is 4.83. The van der Waals surface area contributed by atoms with Crippen molar-refractivity contribution in [3.05, 3.63) is 53.1 Å². The highest BCUT2D eigenvalue weighted by Crippen LogP contribution is 2.31. The number of amides is 1. The Balaban J connectivity index is 0.00000320. The van der Waals surface area contributed by atoms with Crippen molar-refractivity contribution in [2.24, 2.45) is 0 Å². The Morgan fingerprint density at radius 3 is 2.23 bits per heavy atom. The van der Waals surface area contributed by atoms with Gasteiger partial charge in [-0.25, -0.2) is 13.4 Å². The van der Waals surface area contributed by atoms with Crippen molar-refractivity contribution in [3.8, 4) is 0 Å². The van der Waals surface area contributed by atoms with Gasteiger partial charge in [0, 0.05) is 24.9 Å². The van der Waals surface area contributed by atoms with E-state index >= 15 is 0 Å². The molecule has 30 heavy (non-hydrogen) atoms. The van der Waals surface area contributed by atoms with Gasteiger partial charge in [0.05, 0.1) is 15.1 Å². The second-order valence-corrected chi connectivity index (χ2v) is 10.6. The molecule has 162 valence electrons. The molecule has 1 heterocycles. The highest BCUT2D eigenvalue weighted by atomic mass is 35.5. The number of halogens is 1. The molecule has 0 bridgehead atoms. The molecular formula is C21H26ClN3O3S2. The van der Waals surface area contributed by atoms with Gasteiger partial charge in [0.15, 0.2) is 15.0 Å². The van der Waals surface area contributed by atoms with E-state index in [1.165, 1.54) is 17.6 Å². The summed E-state index contributed by atoms with van der Waals surface area (Å²) >= 11 is 1.33. The van der Waals surface area contributed by atoms with Crippen molar-refractivity contribution in [3.63, 3.8) is 0 Å². The Kier molecular flexibility index (Phi) is 7.63. The molecule has 0 radical (unpaired) electrons. The Bertz CT molecular complexity index is 1150. The van der Waals surface area contributed by atoms with E-state index in [4.69, 9.17) is 0 Å². The Morgan fingerprint density at radius 1 is 1.03 bits per heavy atom. The lowest BCUT2D eigenvalue weighted by atomic mass is 10.1. The van der Waals surface area contributed by atoms with E-state index in [1.807, 2.05) is 51.0 Å². The molecular weight excluding hydrogens is 442 g/mol. The van der Waals surface area contributed by atoms with Crippen LogP contribution in [0.25, 0.3) is 10.2 Å². The third kappa shape index (κ3) is 5.57. The molecule has 0 spiro atoms. The summed E-state index contributed by atoms with van der Waals surface area (Å²) in [7, 11) is 0.605. The summed E-state index contributed by atoms with van der Waals surface area (Å²) in [6.45, 7) is 5.11. The van der Waals surface area contributed by atoms with Crippen molar-refractivity contribution in [2.75, 3.05) is 38.3 Å². The number of hydrogen-bond acceptors (Lipinski definition) is 6. The van der Waals surface area contributed by atoms with E-state index in [0.29, 0.717) is 29.3 Å². The van der Waals surface area contributed by atoms with Crippen LogP contribution in [-0.2, 0) is 9.84 Å². The molecule has 0 saturated heterocycles. The Morgan fingerprint density at radius 2 is 1.67 bits per heavy atom. The first kappa shape index (κ1) is 24.3. The third-order valence-corrected chi connectivity index (χ3v) is 6.64. The first-order chi connectivity index (χ1) is 13.5. The smallest absolute Gasteiger partial charge is 0.260 e. The molecule has 0 saturated carbocycles. The van der Waals surface area contributed by atoms with Crippen LogP contribution < -0.4 is 4.90 Å². The van der Waals surface area contributed by atoms with Crippen molar-refractivity contribution < 1.29 is 13.2 Å². The number of fused-ring (bicyclic) bond motifs is 1. The van der Waals surface area contributed by atoms with Crippen LogP contribution in [0, 0.1) is 13.8 Å². The number of carbonyl (C=O) groups excluding carboxylic acids is 1.